The summed E-state index contributed by atoms with van der Waals surface area (Å²) in [5, 5.41) is 6.82. The highest BCUT2D eigenvalue weighted by Crippen LogP contribution is 2.43. The summed E-state index contributed by atoms with van der Waals surface area (Å²) in [5.41, 5.74) is 9.09. The molecule has 0 saturated carbocycles. The van der Waals surface area contributed by atoms with Gasteiger partial charge in [0, 0.05) is 47.6 Å². The molecule has 0 aliphatic heterocycles. The Morgan fingerprint density at radius 1 is 0.352 bits per heavy atom. The van der Waals surface area contributed by atoms with E-state index in [-0.39, 0.29) is 0 Å². The van der Waals surface area contributed by atoms with Gasteiger partial charge in [0.2, 0.25) is 0 Å². The molecule has 11 aromatic rings. The van der Waals surface area contributed by atoms with E-state index in [2.05, 4.69) is 152 Å². The van der Waals surface area contributed by atoms with Crippen molar-refractivity contribution in [1.29, 1.82) is 0 Å². The third kappa shape index (κ3) is 5.01. The maximum atomic E-state index is 6.33. The standard InChI is InChI=1S/C49H29N3OS/c1-2-12-30(13-3-1)31-24-26-32(27-25-31)47-50-48(52-49(51-47)39-19-11-23-44-46(39)38-17-7-9-22-43(38)54-44)34-28-33-14-4-5-15-35(33)40(29-34)36-18-10-21-42-45(36)37-16-6-8-20-41(37)53-42/h1-29H. The quantitative estimate of drug-likeness (QED) is 0.179. The topological polar surface area (TPSA) is 51.8 Å². The third-order valence-corrected chi connectivity index (χ3v) is 11.5. The minimum Gasteiger partial charge on any atom is -0.456 e. The molecule has 0 aliphatic rings. The van der Waals surface area contributed by atoms with E-state index in [1.807, 2.05) is 24.3 Å². The summed E-state index contributed by atoms with van der Waals surface area (Å²) in [6, 6.07) is 61.5. The van der Waals surface area contributed by atoms with Crippen LogP contribution in [0.3, 0.4) is 0 Å². The average molecular weight is 708 g/mol. The Bertz CT molecular complexity index is 3220. The van der Waals surface area contributed by atoms with E-state index >= 15 is 0 Å². The van der Waals surface area contributed by atoms with Gasteiger partial charge in [-0.3, -0.25) is 0 Å². The number of rotatable bonds is 5. The average Bonchev–Trinajstić information content (AvgIpc) is 3.82. The SMILES string of the molecule is c1ccc(-c2ccc(-c3nc(-c4cc(-c5cccc6oc7ccccc7c56)c5ccccc5c4)nc(-c4cccc5sc6ccccc6c45)n3)cc2)cc1. The minimum atomic E-state index is 0.620. The normalized spacial score (nSPS) is 11.7. The molecule has 0 bridgehead atoms. The van der Waals surface area contributed by atoms with Gasteiger partial charge in [0.1, 0.15) is 11.2 Å². The second-order valence-corrected chi connectivity index (χ2v) is 14.6. The van der Waals surface area contributed by atoms with Crippen molar-refractivity contribution >= 4 is 64.2 Å². The molecule has 0 amide bonds. The molecule has 3 aromatic heterocycles. The molecule has 0 aliphatic carbocycles. The molecule has 0 saturated heterocycles. The van der Waals surface area contributed by atoms with Crippen LogP contribution < -0.4 is 0 Å². The van der Waals surface area contributed by atoms with E-state index in [1.165, 1.54) is 25.7 Å². The van der Waals surface area contributed by atoms with Crippen LogP contribution in [0.1, 0.15) is 0 Å². The highest BCUT2D eigenvalue weighted by Gasteiger charge is 2.20. The summed E-state index contributed by atoms with van der Waals surface area (Å²) in [6.07, 6.45) is 0. The molecule has 0 fully saturated rings. The number of thiophene rings is 1. The van der Waals surface area contributed by atoms with Gasteiger partial charge in [-0.05, 0) is 69.4 Å². The fourth-order valence-corrected chi connectivity index (χ4v) is 8.95. The van der Waals surface area contributed by atoms with Crippen LogP contribution in [-0.4, -0.2) is 15.0 Å². The van der Waals surface area contributed by atoms with Gasteiger partial charge >= 0.3 is 0 Å². The zero-order chi connectivity index (χ0) is 35.6. The number of hydrogen-bond donors (Lipinski definition) is 0. The zero-order valence-corrected chi connectivity index (χ0v) is 29.7. The van der Waals surface area contributed by atoms with E-state index in [0.29, 0.717) is 17.5 Å². The van der Waals surface area contributed by atoms with Gasteiger partial charge in [0.05, 0.1) is 0 Å². The fourth-order valence-electron chi connectivity index (χ4n) is 7.82. The molecule has 3 heterocycles. The summed E-state index contributed by atoms with van der Waals surface area (Å²) in [4.78, 5) is 15.8. The predicted octanol–water partition coefficient (Wildman–Crippen LogP) is 13.6. The number of furan rings is 1. The molecule has 0 radical (unpaired) electrons. The molecular formula is C49H29N3OS. The summed E-state index contributed by atoms with van der Waals surface area (Å²) >= 11 is 1.80. The number of benzene rings is 8. The second kappa shape index (κ2) is 12.3. The molecule has 11 rings (SSSR count). The highest BCUT2D eigenvalue weighted by molar-refractivity contribution is 7.25. The summed E-state index contributed by atoms with van der Waals surface area (Å²) in [7, 11) is 0. The van der Waals surface area contributed by atoms with Crippen LogP contribution in [-0.2, 0) is 0 Å². The van der Waals surface area contributed by atoms with Gasteiger partial charge in [-0.25, -0.2) is 15.0 Å². The number of fused-ring (bicyclic) bond motifs is 7. The third-order valence-electron chi connectivity index (χ3n) is 10.3. The molecule has 5 heteroatoms. The molecule has 0 spiro atoms. The lowest BCUT2D eigenvalue weighted by Gasteiger charge is -2.13. The maximum Gasteiger partial charge on any atom is 0.164 e. The van der Waals surface area contributed by atoms with Gasteiger partial charge in [-0.1, -0.05) is 140 Å². The van der Waals surface area contributed by atoms with Crippen LogP contribution in [0.2, 0.25) is 0 Å². The Labute approximate surface area is 314 Å². The Kier molecular flexibility index (Phi) is 7.00. The van der Waals surface area contributed by atoms with Gasteiger partial charge < -0.3 is 4.42 Å². The van der Waals surface area contributed by atoms with Gasteiger partial charge in [-0.2, -0.15) is 0 Å². The molecule has 8 aromatic carbocycles. The van der Waals surface area contributed by atoms with E-state index in [0.717, 1.165) is 66.1 Å². The zero-order valence-electron chi connectivity index (χ0n) is 28.9. The van der Waals surface area contributed by atoms with Crippen LogP contribution in [0.15, 0.2) is 180 Å². The molecule has 4 nitrogen and oxygen atoms in total. The lowest BCUT2D eigenvalue weighted by Crippen LogP contribution is -2.01. The Morgan fingerprint density at radius 2 is 0.963 bits per heavy atom. The van der Waals surface area contributed by atoms with Crippen molar-refractivity contribution in [2.45, 2.75) is 0 Å². The second-order valence-electron chi connectivity index (χ2n) is 13.5. The molecule has 0 unspecified atom stereocenters. The molecule has 0 N–H and O–H groups in total. The van der Waals surface area contributed by atoms with Crippen molar-refractivity contribution in [3.05, 3.63) is 176 Å². The van der Waals surface area contributed by atoms with Crippen molar-refractivity contribution in [3.8, 4) is 56.4 Å². The first-order chi connectivity index (χ1) is 26.7. The first kappa shape index (κ1) is 30.7. The van der Waals surface area contributed by atoms with Crippen LogP contribution in [0.5, 0.6) is 0 Å². The molecular weight excluding hydrogens is 679 g/mol. The maximum absolute atomic E-state index is 6.33. The van der Waals surface area contributed by atoms with Crippen LogP contribution >= 0.6 is 11.3 Å². The van der Waals surface area contributed by atoms with Crippen LogP contribution in [0, 0.1) is 0 Å². The van der Waals surface area contributed by atoms with Crippen LogP contribution in [0.4, 0.5) is 0 Å². The Morgan fingerprint density at radius 3 is 1.83 bits per heavy atom. The lowest BCUT2D eigenvalue weighted by atomic mass is 9.92. The molecule has 252 valence electrons. The fraction of sp³-hybridized carbons (Fsp3) is 0. The van der Waals surface area contributed by atoms with Crippen molar-refractivity contribution in [2.24, 2.45) is 0 Å². The number of hydrogen-bond acceptors (Lipinski definition) is 5. The van der Waals surface area contributed by atoms with Crippen molar-refractivity contribution in [3.63, 3.8) is 0 Å². The van der Waals surface area contributed by atoms with Crippen molar-refractivity contribution in [1.82, 2.24) is 15.0 Å². The summed E-state index contributed by atoms with van der Waals surface area (Å²) in [6.45, 7) is 0. The summed E-state index contributed by atoms with van der Waals surface area (Å²) < 4.78 is 8.78. The Balaban J connectivity index is 1.16. The van der Waals surface area contributed by atoms with Gasteiger partial charge in [0.15, 0.2) is 17.5 Å². The van der Waals surface area contributed by atoms with Crippen LogP contribution in [0.25, 0.3) is 109 Å². The molecule has 0 atom stereocenters. The predicted molar refractivity (Wildman–Crippen MR) is 225 cm³/mol. The minimum absolute atomic E-state index is 0.620. The Hall–Kier alpha value is -6.95. The monoisotopic (exact) mass is 707 g/mol. The summed E-state index contributed by atoms with van der Waals surface area (Å²) in [5.74, 6) is 1.90. The van der Waals surface area contributed by atoms with Gasteiger partial charge in [0.25, 0.3) is 0 Å². The highest BCUT2D eigenvalue weighted by atomic mass is 32.1. The largest absolute Gasteiger partial charge is 0.456 e. The van der Waals surface area contributed by atoms with E-state index < -0.39 is 0 Å². The lowest BCUT2D eigenvalue weighted by molar-refractivity contribution is 0.669. The van der Waals surface area contributed by atoms with E-state index in [9.17, 15) is 0 Å². The van der Waals surface area contributed by atoms with E-state index in [1.54, 1.807) is 11.3 Å². The number of nitrogens with zero attached hydrogens (tertiary/aromatic N) is 3. The first-order valence-electron chi connectivity index (χ1n) is 18.0. The number of aromatic nitrogens is 3. The molecule has 54 heavy (non-hydrogen) atoms. The number of para-hydroxylation sites is 1. The van der Waals surface area contributed by atoms with Gasteiger partial charge in [-0.15, -0.1) is 11.3 Å². The van der Waals surface area contributed by atoms with Crippen molar-refractivity contribution < 1.29 is 4.42 Å². The van der Waals surface area contributed by atoms with Crippen molar-refractivity contribution in [2.75, 3.05) is 0 Å². The first-order valence-corrected chi connectivity index (χ1v) is 18.8. The van der Waals surface area contributed by atoms with E-state index in [4.69, 9.17) is 19.4 Å². The smallest absolute Gasteiger partial charge is 0.164 e.